The highest BCUT2D eigenvalue weighted by Gasteiger charge is 2.31. The average molecular weight is 925 g/mol. The Labute approximate surface area is 438 Å². The standard InChI is InChI=1S/C61H34B8N4O/c1-32(63)54(65)53-51-45(71(34-15-7-3-8-16-34)35-17-9-4-10-18-35)26-24-39-41-30-50-43(28-48(41)73(59(39)51)60(53)44(64)31-62)42-27-47-40(29-49(42)74-50)38-23-25-46(72(36-19-11-5-12-20-36)37-21-13-6-14-22-37)52-55(66)56(67)57(68)58(69)61(52)70(47)33(38)2/h3-31H,2H2,1H3/b38-23?,44-31-,46-25?,54-32-. The number of benzene rings is 8. The first kappa shape index (κ1) is 45.6. The molecule has 1 aliphatic rings. The summed E-state index contributed by atoms with van der Waals surface area (Å²) in [5, 5.41) is 6.89. The number of hydrogen-bond acceptors (Lipinski definition) is 3. The molecular weight excluding hydrogens is 891 g/mol. The molecule has 8 aromatic carbocycles. The smallest absolute Gasteiger partial charge is 0.136 e. The molecule has 0 fully saturated rings. The second kappa shape index (κ2) is 17.2. The Morgan fingerprint density at radius 1 is 0.568 bits per heavy atom. The number of para-hydroxylation sites is 4. The molecule has 0 aliphatic carbocycles. The molecule has 16 radical (unpaired) electrons. The SMILES string of the molecule is [B]/C=C(\[B])c1c(/C([B])=C(/[B])C)c2c(N(c3ccccc3)c3ccccc3)ccc3c4cc5oc6cc7c8c(=C)n(c7cc6c5cc4n1c23)-c1c([B])c([B])c([B])c([B])c1C(N(c1ccccc1)c1ccccc1)=CC=8. The molecule has 1 aliphatic heterocycles. The normalized spacial score (nSPS) is 13.1. The Hall–Kier alpha value is -8.28. The summed E-state index contributed by atoms with van der Waals surface area (Å²) in [4.78, 5) is 4.37. The summed E-state index contributed by atoms with van der Waals surface area (Å²) in [5.74, 6) is 1.41. The number of hydrogen-bond donors (Lipinski definition) is 0. The van der Waals surface area contributed by atoms with E-state index in [2.05, 4.69) is 87.5 Å². The van der Waals surface area contributed by atoms with Crippen molar-refractivity contribution in [1.29, 1.82) is 0 Å². The number of anilines is 5. The third kappa shape index (κ3) is 6.54. The highest BCUT2D eigenvalue weighted by Crippen LogP contribution is 2.50. The van der Waals surface area contributed by atoms with E-state index in [1.54, 1.807) is 6.92 Å². The van der Waals surface area contributed by atoms with Gasteiger partial charge in [-0.1, -0.05) is 120 Å². The molecule has 328 valence electrons. The maximum absolute atomic E-state index is 7.17. The number of fused-ring (bicyclic) bond motifs is 13. The zero-order valence-electron chi connectivity index (χ0n) is 40.3. The minimum Gasteiger partial charge on any atom is -0.456 e. The third-order valence-electron chi connectivity index (χ3n) is 14.6. The van der Waals surface area contributed by atoms with Crippen molar-refractivity contribution in [3.8, 4) is 5.69 Å². The molecule has 13 heteroatoms. The van der Waals surface area contributed by atoms with Gasteiger partial charge in [0, 0.05) is 88.1 Å². The largest absolute Gasteiger partial charge is 0.456 e. The molecule has 0 atom stereocenters. The topological polar surface area (TPSA) is 29.0 Å². The van der Waals surface area contributed by atoms with Gasteiger partial charge in [0.2, 0.25) is 0 Å². The molecule has 0 spiro atoms. The maximum atomic E-state index is 7.17. The fourth-order valence-corrected chi connectivity index (χ4v) is 11.3. The van der Waals surface area contributed by atoms with E-state index in [1.807, 2.05) is 108 Å². The summed E-state index contributed by atoms with van der Waals surface area (Å²) in [7, 11) is 55.0. The van der Waals surface area contributed by atoms with E-state index in [1.165, 1.54) is 5.98 Å². The van der Waals surface area contributed by atoms with Crippen LogP contribution in [-0.4, -0.2) is 71.7 Å². The van der Waals surface area contributed by atoms with Crippen molar-refractivity contribution in [2.24, 2.45) is 0 Å². The van der Waals surface area contributed by atoms with E-state index < -0.39 is 0 Å². The van der Waals surface area contributed by atoms with Crippen LogP contribution in [0.3, 0.4) is 0 Å². The van der Waals surface area contributed by atoms with E-state index in [9.17, 15) is 0 Å². The lowest BCUT2D eigenvalue weighted by atomic mass is 9.64. The van der Waals surface area contributed by atoms with Crippen LogP contribution in [0.1, 0.15) is 23.7 Å². The van der Waals surface area contributed by atoms with E-state index in [4.69, 9.17) is 67.2 Å². The molecule has 13 rings (SSSR count). The van der Waals surface area contributed by atoms with Gasteiger partial charge in [-0.25, -0.2) is 0 Å². The van der Waals surface area contributed by atoms with Gasteiger partial charge in [-0.05, 0) is 84.9 Å². The first-order valence-electron chi connectivity index (χ1n) is 24.1. The Morgan fingerprint density at radius 2 is 1.09 bits per heavy atom. The van der Waals surface area contributed by atoms with Crippen LogP contribution >= 0.6 is 0 Å². The van der Waals surface area contributed by atoms with Gasteiger partial charge in [0.1, 0.15) is 73.9 Å². The minimum atomic E-state index is 0.182. The molecule has 0 amide bonds. The molecule has 0 N–H and O–H groups in total. The molecular formula is C61H34B8N4O. The van der Waals surface area contributed by atoms with Crippen molar-refractivity contribution in [1.82, 2.24) is 8.97 Å². The Kier molecular flexibility index (Phi) is 10.6. The van der Waals surface area contributed by atoms with Crippen LogP contribution in [0.4, 0.5) is 28.4 Å². The maximum Gasteiger partial charge on any atom is 0.136 e. The lowest BCUT2D eigenvalue weighted by molar-refractivity contribution is 0.670. The van der Waals surface area contributed by atoms with Gasteiger partial charge < -0.3 is 23.2 Å². The van der Waals surface area contributed by atoms with Gasteiger partial charge in [0.25, 0.3) is 0 Å². The van der Waals surface area contributed by atoms with Crippen molar-refractivity contribution < 1.29 is 4.42 Å². The zero-order chi connectivity index (χ0) is 50.8. The molecule has 2 bridgehead atoms. The number of allylic oxidation sites excluding steroid dienone is 2. The Morgan fingerprint density at radius 3 is 1.65 bits per heavy atom. The second-order valence-electron chi connectivity index (χ2n) is 18.8. The molecule has 74 heavy (non-hydrogen) atoms. The van der Waals surface area contributed by atoms with E-state index in [0.717, 1.165) is 88.2 Å². The first-order valence-corrected chi connectivity index (χ1v) is 24.1. The monoisotopic (exact) mass is 926 g/mol. The van der Waals surface area contributed by atoms with Crippen molar-refractivity contribution in [3.63, 3.8) is 0 Å². The van der Waals surface area contributed by atoms with Gasteiger partial charge in [0.05, 0.1) is 27.9 Å². The highest BCUT2D eigenvalue weighted by molar-refractivity contribution is 6.64. The lowest BCUT2D eigenvalue weighted by Crippen LogP contribution is -2.52. The predicted molar refractivity (Wildman–Crippen MR) is 320 cm³/mol. The Balaban J connectivity index is 1.12. The van der Waals surface area contributed by atoms with Crippen LogP contribution in [0.25, 0.3) is 95.0 Å². The van der Waals surface area contributed by atoms with Crippen LogP contribution in [0.2, 0.25) is 0 Å². The van der Waals surface area contributed by atoms with E-state index >= 15 is 0 Å². The average Bonchev–Trinajstić information content (AvgIpc) is 4.15. The number of nitrogens with zero attached hydrogens (tertiary/aromatic N) is 4. The Bertz CT molecular complexity index is 4460. The van der Waals surface area contributed by atoms with Crippen molar-refractivity contribution >= 4 is 202 Å². The highest BCUT2D eigenvalue weighted by atomic mass is 16.3. The fraction of sp³-hybridized carbons (Fsp3) is 0.0164. The summed E-state index contributed by atoms with van der Waals surface area (Å²) in [6.45, 7) is 6.47. The fourth-order valence-electron chi connectivity index (χ4n) is 11.3. The van der Waals surface area contributed by atoms with E-state index in [0.29, 0.717) is 55.4 Å². The van der Waals surface area contributed by atoms with Crippen molar-refractivity contribution in [2.75, 3.05) is 9.80 Å². The van der Waals surface area contributed by atoms with Gasteiger partial charge in [0.15, 0.2) is 0 Å². The van der Waals surface area contributed by atoms with E-state index in [-0.39, 0.29) is 21.9 Å². The molecule has 5 nitrogen and oxygen atoms in total. The molecule has 4 aromatic heterocycles. The summed E-state index contributed by atoms with van der Waals surface area (Å²) in [5.41, 5.74) is 13.8. The molecule has 0 unspecified atom stereocenters. The van der Waals surface area contributed by atoms with Gasteiger partial charge in [-0.15, -0.1) is 22.4 Å². The van der Waals surface area contributed by atoms with Crippen LogP contribution in [0, 0.1) is 0 Å². The van der Waals surface area contributed by atoms with Crippen LogP contribution in [-0.2, 0) is 0 Å². The third-order valence-corrected chi connectivity index (χ3v) is 14.6. The van der Waals surface area contributed by atoms with Gasteiger partial charge in [-0.2, -0.15) is 0 Å². The summed E-state index contributed by atoms with van der Waals surface area (Å²) >= 11 is 0. The zero-order valence-corrected chi connectivity index (χ0v) is 40.3. The lowest BCUT2D eigenvalue weighted by Gasteiger charge is -2.33. The molecule has 12 aromatic rings. The minimum absolute atomic E-state index is 0.182. The predicted octanol–water partition coefficient (Wildman–Crippen LogP) is 8.22. The number of aromatic nitrogens is 2. The summed E-state index contributed by atoms with van der Waals surface area (Å²) < 4.78 is 11.1. The summed E-state index contributed by atoms with van der Waals surface area (Å²) in [6, 6.07) is 53.4. The summed E-state index contributed by atoms with van der Waals surface area (Å²) in [6.07, 6.45) is 4.12. The number of rotatable bonds is 8. The van der Waals surface area contributed by atoms with Crippen LogP contribution in [0.5, 0.6) is 0 Å². The van der Waals surface area contributed by atoms with Gasteiger partial charge in [-0.3, -0.25) is 0 Å². The molecule has 0 saturated heterocycles. The molecule has 0 saturated carbocycles. The van der Waals surface area contributed by atoms with Crippen LogP contribution in [0.15, 0.2) is 180 Å². The first-order chi connectivity index (χ1) is 36.0. The number of furan rings is 1. The van der Waals surface area contributed by atoms with Crippen molar-refractivity contribution in [3.05, 3.63) is 203 Å². The second-order valence-corrected chi connectivity index (χ2v) is 18.8. The van der Waals surface area contributed by atoms with Crippen LogP contribution < -0.4 is 42.2 Å². The molecule has 5 heterocycles. The van der Waals surface area contributed by atoms with Gasteiger partial charge >= 0.3 is 0 Å². The van der Waals surface area contributed by atoms with Crippen molar-refractivity contribution in [2.45, 2.75) is 6.92 Å². The quantitative estimate of drug-likeness (QED) is 0.144.